The molecular formula is C26H22O8. The van der Waals surface area contributed by atoms with Crippen LogP contribution in [0.4, 0.5) is 0 Å². The molecule has 34 heavy (non-hydrogen) atoms. The predicted octanol–water partition coefficient (Wildman–Crippen LogP) is 4.28. The molecule has 1 atom stereocenters. The van der Waals surface area contributed by atoms with Gasteiger partial charge < -0.3 is 29.2 Å². The molecule has 4 rings (SSSR count). The molecule has 0 aliphatic heterocycles. The molecule has 0 spiro atoms. The molecule has 0 saturated carbocycles. The van der Waals surface area contributed by atoms with Crippen molar-refractivity contribution in [2.45, 2.75) is 12.3 Å². The maximum atomic E-state index is 13.0. The van der Waals surface area contributed by atoms with Gasteiger partial charge in [-0.15, -0.1) is 0 Å². The molecule has 0 amide bonds. The normalized spacial score (nSPS) is 11.8. The number of esters is 1. The fraction of sp³-hybridized carbons (Fsp3) is 0.154. The smallest absolute Gasteiger partial charge is 0.306 e. The quantitative estimate of drug-likeness (QED) is 0.363. The van der Waals surface area contributed by atoms with Gasteiger partial charge in [-0.2, -0.15) is 0 Å². The highest BCUT2D eigenvalue weighted by molar-refractivity contribution is 5.90. The summed E-state index contributed by atoms with van der Waals surface area (Å²) in [6.45, 7) is 0. The second-order valence-electron chi connectivity index (χ2n) is 7.64. The fourth-order valence-electron chi connectivity index (χ4n) is 3.95. The number of phenols is 3. The van der Waals surface area contributed by atoms with Crippen LogP contribution in [0.1, 0.15) is 23.5 Å². The summed E-state index contributed by atoms with van der Waals surface area (Å²) in [5.74, 6) is -2.01. The third kappa shape index (κ3) is 4.13. The van der Waals surface area contributed by atoms with Crippen LogP contribution in [0.25, 0.3) is 22.3 Å². The first-order valence-corrected chi connectivity index (χ1v) is 10.4. The second kappa shape index (κ2) is 9.19. The van der Waals surface area contributed by atoms with Crippen LogP contribution < -0.4 is 10.2 Å². The molecule has 0 unspecified atom stereocenters. The Hall–Kier alpha value is -4.46. The highest BCUT2D eigenvalue weighted by Crippen LogP contribution is 2.44. The fourth-order valence-corrected chi connectivity index (χ4v) is 3.95. The third-order valence-corrected chi connectivity index (χ3v) is 5.61. The maximum Gasteiger partial charge on any atom is 0.306 e. The molecule has 3 aromatic carbocycles. The predicted molar refractivity (Wildman–Crippen MR) is 124 cm³/mol. The van der Waals surface area contributed by atoms with Gasteiger partial charge in [-0.1, -0.05) is 36.4 Å². The van der Waals surface area contributed by atoms with Crippen LogP contribution in [0.2, 0.25) is 0 Å². The van der Waals surface area contributed by atoms with Crippen LogP contribution in [0, 0.1) is 0 Å². The Kier molecular flexibility index (Phi) is 6.14. The Morgan fingerprint density at radius 1 is 0.941 bits per heavy atom. The summed E-state index contributed by atoms with van der Waals surface area (Å²) in [6.07, 6.45) is -0.225. The third-order valence-electron chi connectivity index (χ3n) is 5.61. The molecule has 0 aliphatic carbocycles. The molecule has 8 nitrogen and oxygen atoms in total. The molecular weight excluding hydrogens is 440 g/mol. The number of rotatable bonds is 6. The second-order valence-corrected chi connectivity index (χ2v) is 7.64. The first-order valence-electron chi connectivity index (χ1n) is 10.4. The number of carbonyl (C=O) groups excluding carboxylic acids is 1. The molecule has 174 valence electrons. The van der Waals surface area contributed by atoms with Gasteiger partial charge in [-0.3, -0.25) is 9.59 Å². The number of carbonyl (C=O) groups is 1. The zero-order valence-electron chi connectivity index (χ0n) is 18.4. The van der Waals surface area contributed by atoms with Crippen molar-refractivity contribution in [2.24, 2.45) is 0 Å². The van der Waals surface area contributed by atoms with Crippen LogP contribution >= 0.6 is 0 Å². The lowest BCUT2D eigenvalue weighted by Gasteiger charge is -2.21. The number of methoxy groups -OCH3 is 2. The minimum absolute atomic E-state index is 0.0650. The summed E-state index contributed by atoms with van der Waals surface area (Å²) in [6, 6.07) is 15.7. The van der Waals surface area contributed by atoms with E-state index in [9.17, 15) is 24.9 Å². The standard InChI is InChI=1S/C26H22O8/c1-32-22-10-15(8-9-17(22)27)16(11-23(31)33-2)24-18(28)12-19(29)25-20(30)13-21(34-26(24)25)14-6-4-3-5-7-14/h3-10,12-13,16,27-29H,11H2,1-2H3/t16-/m0/s1. The molecule has 0 saturated heterocycles. The lowest BCUT2D eigenvalue weighted by Crippen LogP contribution is -2.12. The Bertz CT molecular complexity index is 1420. The van der Waals surface area contributed by atoms with E-state index in [2.05, 4.69) is 0 Å². The lowest BCUT2D eigenvalue weighted by atomic mass is 9.86. The average Bonchev–Trinajstić information content (AvgIpc) is 2.83. The molecule has 0 fully saturated rings. The summed E-state index contributed by atoms with van der Waals surface area (Å²) < 4.78 is 16.1. The molecule has 3 N–H and O–H groups in total. The minimum Gasteiger partial charge on any atom is -0.507 e. The van der Waals surface area contributed by atoms with Gasteiger partial charge in [0.1, 0.15) is 28.2 Å². The number of phenolic OH excluding ortho intramolecular Hbond substituents is 3. The van der Waals surface area contributed by atoms with Crippen molar-refractivity contribution in [3.8, 4) is 34.3 Å². The zero-order valence-corrected chi connectivity index (χ0v) is 18.4. The Labute approximate surface area is 194 Å². The summed E-state index contributed by atoms with van der Waals surface area (Å²) in [4.78, 5) is 25.3. The van der Waals surface area contributed by atoms with Crippen molar-refractivity contribution in [3.63, 3.8) is 0 Å². The largest absolute Gasteiger partial charge is 0.507 e. The van der Waals surface area contributed by atoms with E-state index < -0.39 is 23.1 Å². The van der Waals surface area contributed by atoms with Crippen molar-refractivity contribution in [1.29, 1.82) is 0 Å². The van der Waals surface area contributed by atoms with Crippen LogP contribution in [0.15, 0.2) is 69.9 Å². The number of ether oxygens (including phenoxy) is 2. The van der Waals surface area contributed by atoms with Gasteiger partial charge in [0.05, 0.1) is 20.6 Å². The van der Waals surface area contributed by atoms with E-state index in [4.69, 9.17) is 13.9 Å². The van der Waals surface area contributed by atoms with Crippen molar-refractivity contribution in [2.75, 3.05) is 14.2 Å². The van der Waals surface area contributed by atoms with E-state index in [1.807, 2.05) is 6.07 Å². The first kappa shape index (κ1) is 22.7. The van der Waals surface area contributed by atoms with E-state index in [0.29, 0.717) is 11.1 Å². The van der Waals surface area contributed by atoms with E-state index in [1.54, 1.807) is 30.3 Å². The summed E-state index contributed by atoms with van der Waals surface area (Å²) >= 11 is 0. The number of hydrogen-bond donors (Lipinski definition) is 3. The van der Waals surface area contributed by atoms with Gasteiger partial charge in [0.15, 0.2) is 16.9 Å². The molecule has 1 heterocycles. The van der Waals surface area contributed by atoms with Gasteiger partial charge >= 0.3 is 5.97 Å². The van der Waals surface area contributed by atoms with Gasteiger partial charge in [0.2, 0.25) is 0 Å². The number of aromatic hydroxyl groups is 3. The first-order chi connectivity index (χ1) is 16.3. The van der Waals surface area contributed by atoms with Gasteiger partial charge in [-0.05, 0) is 17.7 Å². The SMILES string of the molecule is COC(=O)C[C@@H](c1ccc(O)c(OC)c1)c1c(O)cc(O)c2c(=O)cc(-c3ccccc3)oc12. The number of benzene rings is 3. The summed E-state index contributed by atoms with van der Waals surface area (Å²) in [5, 5.41) is 31.2. The molecule has 0 bridgehead atoms. The highest BCUT2D eigenvalue weighted by Gasteiger charge is 2.29. The minimum atomic E-state index is -0.862. The van der Waals surface area contributed by atoms with Crippen LogP contribution in [-0.4, -0.2) is 35.5 Å². The van der Waals surface area contributed by atoms with E-state index >= 15 is 0 Å². The average molecular weight is 462 g/mol. The molecule has 0 radical (unpaired) electrons. The molecule has 1 aromatic heterocycles. The van der Waals surface area contributed by atoms with Gasteiger partial charge in [0, 0.05) is 29.2 Å². The number of fused-ring (bicyclic) bond motifs is 1. The van der Waals surface area contributed by atoms with Crippen molar-refractivity contribution < 1.29 is 34.0 Å². The highest BCUT2D eigenvalue weighted by atomic mass is 16.5. The van der Waals surface area contributed by atoms with Crippen molar-refractivity contribution >= 4 is 16.9 Å². The van der Waals surface area contributed by atoms with Crippen molar-refractivity contribution in [3.05, 3.63) is 82.0 Å². The van der Waals surface area contributed by atoms with Gasteiger partial charge in [0.25, 0.3) is 0 Å². The van der Waals surface area contributed by atoms with E-state index in [0.717, 1.165) is 6.07 Å². The summed E-state index contributed by atoms with van der Waals surface area (Å²) in [5.41, 5.74) is 0.630. The van der Waals surface area contributed by atoms with Crippen LogP contribution in [0.5, 0.6) is 23.0 Å². The maximum absolute atomic E-state index is 13.0. The molecule has 4 aromatic rings. The van der Waals surface area contributed by atoms with Crippen molar-refractivity contribution in [1.82, 2.24) is 0 Å². The molecule has 0 aliphatic rings. The molecule has 8 heteroatoms. The Morgan fingerprint density at radius 2 is 1.68 bits per heavy atom. The topological polar surface area (TPSA) is 126 Å². The van der Waals surface area contributed by atoms with Gasteiger partial charge in [-0.25, -0.2) is 0 Å². The lowest BCUT2D eigenvalue weighted by molar-refractivity contribution is -0.140. The summed E-state index contributed by atoms with van der Waals surface area (Å²) in [7, 11) is 2.62. The Morgan fingerprint density at radius 3 is 2.35 bits per heavy atom. The number of hydrogen-bond acceptors (Lipinski definition) is 8. The van der Waals surface area contributed by atoms with E-state index in [1.165, 1.54) is 32.4 Å². The monoisotopic (exact) mass is 462 g/mol. The van der Waals surface area contributed by atoms with Crippen LogP contribution in [-0.2, 0) is 9.53 Å². The zero-order chi connectivity index (χ0) is 24.4. The Balaban J connectivity index is 2.05. The van der Waals surface area contributed by atoms with E-state index in [-0.39, 0.29) is 46.0 Å². The van der Waals surface area contributed by atoms with Crippen LogP contribution in [0.3, 0.4) is 0 Å².